The third kappa shape index (κ3) is 3.03. The lowest BCUT2D eigenvalue weighted by Gasteiger charge is -2.20. The van der Waals surface area contributed by atoms with Gasteiger partial charge in [0.1, 0.15) is 5.04 Å². The van der Waals surface area contributed by atoms with Crippen molar-refractivity contribution in [2.75, 3.05) is 0 Å². The molecule has 0 unspecified atom stereocenters. The topological polar surface area (TPSA) is 117 Å². The Morgan fingerprint density at radius 1 is 1.29 bits per heavy atom. The molecule has 3 heterocycles. The van der Waals surface area contributed by atoms with E-state index in [1.54, 1.807) is 41.1 Å². The lowest BCUT2D eigenvalue weighted by molar-refractivity contribution is -0.384. The number of nitrogens with zero attached hydrogens (tertiary/aromatic N) is 5. The molecule has 10 heteroatoms. The number of amidine groups is 2. The second kappa shape index (κ2) is 6.89. The van der Waals surface area contributed by atoms with Gasteiger partial charge in [-0.1, -0.05) is 6.92 Å². The molecule has 0 atom stereocenters. The fourth-order valence-electron chi connectivity index (χ4n) is 2.80. The van der Waals surface area contributed by atoms with Crippen molar-refractivity contribution in [1.29, 1.82) is 5.41 Å². The minimum absolute atomic E-state index is 0.00182. The molecule has 0 bridgehead atoms. The Bertz CT molecular complexity index is 1100. The van der Waals surface area contributed by atoms with E-state index >= 15 is 0 Å². The van der Waals surface area contributed by atoms with Crippen molar-refractivity contribution in [3.05, 3.63) is 64.0 Å². The maximum atomic E-state index is 12.5. The number of carbonyl (C=O) groups is 1. The zero-order valence-electron chi connectivity index (χ0n) is 14.7. The summed E-state index contributed by atoms with van der Waals surface area (Å²) in [6.45, 7) is 1.95. The van der Waals surface area contributed by atoms with Crippen LogP contribution in [0.4, 0.5) is 5.69 Å². The van der Waals surface area contributed by atoms with Gasteiger partial charge in [0.2, 0.25) is 5.17 Å². The summed E-state index contributed by atoms with van der Waals surface area (Å²) in [4.78, 5) is 26.9. The van der Waals surface area contributed by atoms with Crippen LogP contribution >= 0.6 is 11.8 Å². The molecule has 4 rings (SSSR count). The van der Waals surface area contributed by atoms with Gasteiger partial charge >= 0.3 is 0 Å². The fourth-order valence-corrected chi connectivity index (χ4v) is 3.63. The van der Waals surface area contributed by atoms with Gasteiger partial charge in [0.05, 0.1) is 10.5 Å². The highest BCUT2D eigenvalue weighted by molar-refractivity contribution is 8.26. The van der Waals surface area contributed by atoms with Crippen molar-refractivity contribution in [2.45, 2.75) is 13.3 Å². The number of non-ortho nitro benzene ring substituents is 1. The first kappa shape index (κ1) is 17.9. The highest BCUT2D eigenvalue weighted by atomic mass is 32.2. The Morgan fingerprint density at radius 2 is 2.04 bits per heavy atom. The van der Waals surface area contributed by atoms with Gasteiger partial charge in [0.25, 0.3) is 11.6 Å². The number of amides is 1. The number of nitro groups is 1. The van der Waals surface area contributed by atoms with Crippen molar-refractivity contribution >= 4 is 45.5 Å². The van der Waals surface area contributed by atoms with Crippen molar-refractivity contribution < 1.29 is 9.72 Å². The summed E-state index contributed by atoms with van der Waals surface area (Å²) in [5, 5.41) is 26.1. The highest BCUT2D eigenvalue weighted by Gasteiger charge is 2.35. The molecule has 2 aliphatic rings. The van der Waals surface area contributed by atoms with Crippen LogP contribution in [-0.2, 0) is 4.79 Å². The van der Waals surface area contributed by atoms with E-state index in [2.05, 4.69) is 10.1 Å². The van der Waals surface area contributed by atoms with Crippen LogP contribution in [0.2, 0.25) is 0 Å². The molecule has 2 aliphatic heterocycles. The number of hydrazone groups is 1. The fraction of sp³-hybridized carbons (Fsp3) is 0.111. The number of rotatable bonds is 4. The van der Waals surface area contributed by atoms with E-state index in [9.17, 15) is 14.9 Å². The molecule has 0 radical (unpaired) electrons. The molecule has 0 saturated carbocycles. The summed E-state index contributed by atoms with van der Waals surface area (Å²) in [6.07, 6.45) is 4.05. The summed E-state index contributed by atoms with van der Waals surface area (Å²) in [5.74, 6) is -0.518. The van der Waals surface area contributed by atoms with E-state index in [0.717, 1.165) is 5.04 Å². The van der Waals surface area contributed by atoms with Gasteiger partial charge in [0.15, 0.2) is 5.84 Å². The lowest BCUT2D eigenvalue weighted by atomic mass is 10.1. The second-order valence-electron chi connectivity index (χ2n) is 5.94. The molecule has 1 amide bonds. The maximum Gasteiger partial charge on any atom is 0.283 e. The summed E-state index contributed by atoms with van der Waals surface area (Å²) < 4.78 is 1.77. The molecule has 140 valence electrons. The van der Waals surface area contributed by atoms with Gasteiger partial charge in [0, 0.05) is 29.7 Å². The molecule has 2 aromatic rings. The van der Waals surface area contributed by atoms with Crippen molar-refractivity contribution in [3.63, 3.8) is 0 Å². The summed E-state index contributed by atoms with van der Waals surface area (Å²) in [7, 11) is 0. The van der Waals surface area contributed by atoms with E-state index in [4.69, 9.17) is 5.41 Å². The molecule has 9 nitrogen and oxygen atoms in total. The molecule has 0 saturated heterocycles. The number of aliphatic imine (C=N–C) groups is 1. The number of aromatic nitrogens is 1. The van der Waals surface area contributed by atoms with Crippen LogP contribution in [-0.4, -0.2) is 36.5 Å². The van der Waals surface area contributed by atoms with Gasteiger partial charge < -0.3 is 4.57 Å². The van der Waals surface area contributed by atoms with Crippen LogP contribution in [0.5, 0.6) is 0 Å². The molecule has 1 aromatic carbocycles. The number of nitro benzene ring substituents is 1. The zero-order valence-corrected chi connectivity index (χ0v) is 15.5. The Hall–Kier alpha value is -3.53. The number of fused-ring (bicyclic) bond motifs is 1. The smallest absolute Gasteiger partial charge is 0.283 e. The van der Waals surface area contributed by atoms with Gasteiger partial charge in [-0.05, 0) is 48.5 Å². The SMILES string of the molecule is CCC1=NN2C(=N)/C(=C\c3cccn3-c3ccc([N+](=O)[O-])cc3)C(=O)N=C2S1. The van der Waals surface area contributed by atoms with Crippen molar-refractivity contribution in [1.82, 2.24) is 9.58 Å². The van der Waals surface area contributed by atoms with E-state index in [1.807, 2.05) is 6.92 Å². The average Bonchev–Trinajstić information content (AvgIpc) is 3.31. The van der Waals surface area contributed by atoms with Crippen LogP contribution in [0.3, 0.4) is 0 Å². The molecule has 1 aromatic heterocycles. The number of hydrogen-bond acceptors (Lipinski definition) is 6. The monoisotopic (exact) mass is 394 g/mol. The Balaban J connectivity index is 1.70. The van der Waals surface area contributed by atoms with Crippen LogP contribution in [0.15, 0.2) is 58.3 Å². The maximum absolute atomic E-state index is 12.5. The molecular weight excluding hydrogens is 380 g/mol. The average molecular weight is 394 g/mol. The first-order chi connectivity index (χ1) is 13.5. The van der Waals surface area contributed by atoms with E-state index in [-0.39, 0.29) is 17.1 Å². The minimum Gasteiger partial charge on any atom is -0.317 e. The Morgan fingerprint density at radius 3 is 2.71 bits per heavy atom. The van der Waals surface area contributed by atoms with Crippen LogP contribution in [0.1, 0.15) is 19.0 Å². The van der Waals surface area contributed by atoms with Gasteiger partial charge in [-0.3, -0.25) is 20.3 Å². The Kier molecular flexibility index (Phi) is 4.40. The number of carbonyl (C=O) groups excluding carboxylic acids is 1. The van der Waals surface area contributed by atoms with Crippen LogP contribution in [0, 0.1) is 15.5 Å². The van der Waals surface area contributed by atoms with Gasteiger partial charge in [-0.25, -0.2) is 0 Å². The van der Waals surface area contributed by atoms with Gasteiger partial charge in [-0.2, -0.15) is 15.1 Å². The first-order valence-electron chi connectivity index (χ1n) is 8.39. The summed E-state index contributed by atoms with van der Waals surface area (Å²) in [6, 6.07) is 9.66. The van der Waals surface area contributed by atoms with Crippen molar-refractivity contribution in [2.24, 2.45) is 10.1 Å². The predicted molar refractivity (Wildman–Crippen MR) is 108 cm³/mol. The largest absolute Gasteiger partial charge is 0.317 e. The standard InChI is InChI=1S/C18H14N6O3S/c1-2-15-21-23-16(19)14(17(25)20-18(23)28-15)10-13-4-3-9-22(13)11-5-7-12(8-6-11)24(26)27/h3-10,19H,2H2,1H3/b14-10+,19-16?. The normalized spacial score (nSPS) is 17.6. The van der Waals surface area contributed by atoms with E-state index in [1.165, 1.54) is 28.9 Å². The molecule has 0 spiro atoms. The van der Waals surface area contributed by atoms with E-state index < -0.39 is 10.8 Å². The summed E-state index contributed by atoms with van der Waals surface area (Å²) in [5.41, 5.74) is 1.47. The number of hydrogen-bond donors (Lipinski definition) is 1. The van der Waals surface area contributed by atoms with Crippen LogP contribution < -0.4 is 0 Å². The number of nitrogens with one attached hydrogen (secondary N) is 1. The quantitative estimate of drug-likeness (QED) is 0.484. The lowest BCUT2D eigenvalue weighted by Crippen LogP contribution is -2.35. The molecule has 0 aliphatic carbocycles. The third-order valence-electron chi connectivity index (χ3n) is 4.21. The van der Waals surface area contributed by atoms with Crippen molar-refractivity contribution in [3.8, 4) is 5.69 Å². The molecule has 28 heavy (non-hydrogen) atoms. The molecular formula is C18H14N6O3S. The van der Waals surface area contributed by atoms with E-state index in [0.29, 0.717) is 23.0 Å². The molecule has 0 fully saturated rings. The Labute approximate surface area is 163 Å². The van der Waals surface area contributed by atoms with Gasteiger partial charge in [-0.15, -0.1) is 0 Å². The predicted octanol–water partition coefficient (Wildman–Crippen LogP) is 3.41. The first-order valence-corrected chi connectivity index (χ1v) is 9.21. The summed E-state index contributed by atoms with van der Waals surface area (Å²) >= 11 is 1.29. The number of thioether (sulfide) groups is 1. The second-order valence-corrected chi connectivity index (χ2v) is 6.98. The number of benzene rings is 1. The zero-order chi connectivity index (χ0) is 19.8. The van der Waals surface area contributed by atoms with Crippen LogP contribution in [0.25, 0.3) is 11.8 Å². The third-order valence-corrected chi connectivity index (χ3v) is 5.26. The minimum atomic E-state index is -0.493. The highest BCUT2D eigenvalue weighted by Crippen LogP contribution is 2.29. The molecule has 1 N–H and O–H groups in total.